The SMILES string of the molecule is Cc1cc(C)c2nc(N(Cc3ccccn3)C(=O)COc3ccccc3)sc2c1. The normalized spacial score (nSPS) is 10.8. The van der Waals surface area contributed by atoms with Gasteiger partial charge in [-0.2, -0.15) is 0 Å². The number of ether oxygens (including phenoxy) is 1. The summed E-state index contributed by atoms with van der Waals surface area (Å²) in [6.45, 7) is 4.39. The Hall–Kier alpha value is -3.25. The molecule has 0 unspecified atom stereocenters. The van der Waals surface area contributed by atoms with Crippen LogP contribution in [0.25, 0.3) is 10.2 Å². The Morgan fingerprint density at radius 2 is 1.86 bits per heavy atom. The minimum atomic E-state index is -0.159. The molecule has 4 aromatic rings. The van der Waals surface area contributed by atoms with E-state index in [1.807, 2.05) is 55.5 Å². The van der Waals surface area contributed by atoms with E-state index in [4.69, 9.17) is 9.72 Å². The molecule has 0 spiro atoms. The summed E-state index contributed by atoms with van der Waals surface area (Å²) in [7, 11) is 0. The van der Waals surface area contributed by atoms with Gasteiger partial charge in [-0.25, -0.2) is 4.98 Å². The summed E-state index contributed by atoms with van der Waals surface area (Å²) in [5.41, 5.74) is 4.01. The zero-order valence-corrected chi connectivity index (χ0v) is 17.1. The summed E-state index contributed by atoms with van der Waals surface area (Å²) in [6, 6.07) is 19.2. The smallest absolute Gasteiger partial charge is 0.267 e. The Kier molecular flexibility index (Phi) is 5.53. The molecular weight excluding hydrogens is 382 g/mol. The third-order valence-corrected chi connectivity index (χ3v) is 5.53. The van der Waals surface area contributed by atoms with Crippen LogP contribution in [0.4, 0.5) is 5.13 Å². The van der Waals surface area contributed by atoms with Crippen molar-refractivity contribution in [1.29, 1.82) is 0 Å². The van der Waals surface area contributed by atoms with Gasteiger partial charge in [-0.1, -0.05) is 41.7 Å². The number of aromatic nitrogens is 2. The number of anilines is 1. The maximum absolute atomic E-state index is 13.1. The van der Waals surface area contributed by atoms with Crippen molar-refractivity contribution in [2.45, 2.75) is 20.4 Å². The topological polar surface area (TPSA) is 55.3 Å². The van der Waals surface area contributed by atoms with Gasteiger partial charge in [0, 0.05) is 6.20 Å². The van der Waals surface area contributed by atoms with Crippen LogP contribution in [-0.2, 0) is 11.3 Å². The van der Waals surface area contributed by atoms with Gasteiger partial charge in [0.2, 0.25) is 0 Å². The molecule has 5 nitrogen and oxygen atoms in total. The fourth-order valence-electron chi connectivity index (χ4n) is 3.13. The molecule has 0 aliphatic carbocycles. The second-order valence-corrected chi connectivity index (χ2v) is 7.84. The van der Waals surface area contributed by atoms with Crippen LogP contribution < -0.4 is 9.64 Å². The fraction of sp³-hybridized carbons (Fsp3) is 0.174. The lowest BCUT2D eigenvalue weighted by molar-refractivity contribution is -0.120. The number of nitrogens with zero attached hydrogens (tertiary/aromatic N) is 3. The van der Waals surface area contributed by atoms with Crippen LogP contribution in [-0.4, -0.2) is 22.5 Å². The average molecular weight is 404 g/mol. The maximum atomic E-state index is 13.1. The average Bonchev–Trinajstić information content (AvgIpc) is 3.16. The summed E-state index contributed by atoms with van der Waals surface area (Å²) in [4.78, 5) is 23.9. The maximum Gasteiger partial charge on any atom is 0.267 e. The Labute approximate surface area is 173 Å². The van der Waals surface area contributed by atoms with Gasteiger partial charge >= 0.3 is 0 Å². The molecule has 0 bridgehead atoms. The molecule has 29 heavy (non-hydrogen) atoms. The van der Waals surface area contributed by atoms with Crippen LogP contribution in [0.15, 0.2) is 66.9 Å². The van der Waals surface area contributed by atoms with Crippen molar-refractivity contribution in [2.75, 3.05) is 11.5 Å². The number of pyridine rings is 1. The summed E-state index contributed by atoms with van der Waals surface area (Å²) in [6.07, 6.45) is 1.73. The molecule has 0 atom stereocenters. The molecular formula is C23H21N3O2S. The lowest BCUT2D eigenvalue weighted by Gasteiger charge is -2.19. The van der Waals surface area contributed by atoms with Gasteiger partial charge in [0.05, 0.1) is 22.5 Å². The molecule has 2 heterocycles. The number of thiazole rings is 1. The number of fused-ring (bicyclic) bond motifs is 1. The second kappa shape index (κ2) is 8.41. The van der Waals surface area contributed by atoms with Crippen molar-refractivity contribution < 1.29 is 9.53 Å². The van der Waals surface area contributed by atoms with Crippen LogP contribution in [0.2, 0.25) is 0 Å². The minimum Gasteiger partial charge on any atom is -0.484 e. The highest BCUT2D eigenvalue weighted by molar-refractivity contribution is 7.22. The van der Waals surface area contributed by atoms with Gasteiger partial charge in [-0.3, -0.25) is 14.7 Å². The van der Waals surface area contributed by atoms with E-state index < -0.39 is 0 Å². The number of hydrogen-bond acceptors (Lipinski definition) is 5. The number of carbonyl (C=O) groups is 1. The molecule has 0 radical (unpaired) electrons. The van der Waals surface area contributed by atoms with Crippen molar-refractivity contribution in [3.8, 4) is 5.75 Å². The third-order valence-electron chi connectivity index (χ3n) is 4.50. The minimum absolute atomic E-state index is 0.0647. The molecule has 4 rings (SSSR count). The van der Waals surface area contributed by atoms with E-state index >= 15 is 0 Å². The number of hydrogen-bond donors (Lipinski definition) is 0. The van der Waals surface area contributed by atoms with Gasteiger partial charge in [-0.05, 0) is 55.3 Å². The first-order chi connectivity index (χ1) is 14.1. The molecule has 0 aliphatic heterocycles. The lowest BCUT2D eigenvalue weighted by Crippen LogP contribution is -2.34. The van der Waals surface area contributed by atoms with Crippen LogP contribution >= 0.6 is 11.3 Å². The van der Waals surface area contributed by atoms with E-state index in [0.717, 1.165) is 21.5 Å². The highest BCUT2D eigenvalue weighted by Gasteiger charge is 2.22. The molecule has 146 valence electrons. The summed E-state index contributed by atoms with van der Waals surface area (Å²) in [5.74, 6) is 0.502. The second-order valence-electron chi connectivity index (χ2n) is 6.83. The predicted molar refractivity (Wildman–Crippen MR) is 116 cm³/mol. The zero-order chi connectivity index (χ0) is 20.2. The molecule has 2 aromatic carbocycles. The largest absolute Gasteiger partial charge is 0.484 e. The molecule has 6 heteroatoms. The van der Waals surface area contributed by atoms with Gasteiger partial charge in [0.25, 0.3) is 5.91 Å². The Morgan fingerprint density at radius 1 is 1.07 bits per heavy atom. The molecule has 1 amide bonds. The lowest BCUT2D eigenvalue weighted by atomic mass is 10.1. The zero-order valence-electron chi connectivity index (χ0n) is 16.3. The van der Waals surface area contributed by atoms with Gasteiger partial charge < -0.3 is 4.74 Å². The summed E-state index contributed by atoms with van der Waals surface area (Å²) in [5, 5.41) is 0.654. The Balaban J connectivity index is 1.64. The first kappa shape index (κ1) is 19.1. The highest BCUT2D eigenvalue weighted by atomic mass is 32.1. The van der Waals surface area contributed by atoms with Crippen LogP contribution in [0.3, 0.4) is 0 Å². The van der Waals surface area contributed by atoms with Crippen LogP contribution in [0, 0.1) is 13.8 Å². The quantitative estimate of drug-likeness (QED) is 0.458. The van der Waals surface area contributed by atoms with E-state index in [0.29, 0.717) is 17.4 Å². The van der Waals surface area contributed by atoms with E-state index in [1.54, 1.807) is 11.1 Å². The number of rotatable bonds is 6. The standard InChI is InChI=1S/C23H21N3O2S/c1-16-12-17(2)22-20(13-16)29-23(25-22)26(14-18-8-6-7-11-24-18)21(27)15-28-19-9-4-3-5-10-19/h3-13H,14-15H2,1-2H3. The van der Waals surface area contributed by atoms with E-state index in [-0.39, 0.29) is 12.5 Å². The monoisotopic (exact) mass is 403 g/mol. The van der Waals surface area contributed by atoms with E-state index in [1.165, 1.54) is 16.9 Å². The van der Waals surface area contributed by atoms with Gasteiger partial charge in [-0.15, -0.1) is 0 Å². The summed E-state index contributed by atoms with van der Waals surface area (Å²) >= 11 is 1.51. The van der Waals surface area contributed by atoms with Crippen molar-refractivity contribution >= 4 is 32.6 Å². The molecule has 0 aliphatic rings. The highest BCUT2D eigenvalue weighted by Crippen LogP contribution is 2.32. The molecule has 2 aromatic heterocycles. The van der Waals surface area contributed by atoms with Crippen LogP contribution in [0.5, 0.6) is 5.75 Å². The molecule has 0 saturated carbocycles. The van der Waals surface area contributed by atoms with Crippen LogP contribution in [0.1, 0.15) is 16.8 Å². The number of benzene rings is 2. The third kappa shape index (κ3) is 4.43. The van der Waals surface area contributed by atoms with Crippen molar-refractivity contribution in [2.24, 2.45) is 0 Å². The van der Waals surface area contributed by atoms with Crippen molar-refractivity contribution in [3.05, 3.63) is 83.7 Å². The Morgan fingerprint density at radius 3 is 2.62 bits per heavy atom. The first-order valence-corrected chi connectivity index (χ1v) is 10.2. The molecule has 0 saturated heterocycles. The first-order valence-electron chi connectivity index (χ1n) is 9.36. The number of aryl methyl sites for hydroxylation is 2. The number of para-hydroxylation sites is 1. The summed E-state index contributed by atoms with van der Waals surface area (Å²) < 4.78 is 6.76. The molecule has 0 N–H and O–H groups in total. The number of carbonyl (C=O) groups excluding carboxylic acids is 1. The van der Waals surface area contributed by atoms with Gasteiger partial charge in [0.1, 0.15) is 5.75 Å². The van der Waals surface area contributed by atoms with Crippen molar-refractivity contribution in [1.82, 2.24) is 9.97 Å². The molecule has 0 fully saturated rings. The Bertz CT molecular complexity index is 1130. The predicted octanol–water partition coefficient (Wildman–Crippen LogP) is 4.92. The van der Waals surface area contributed by atoms with Crippen molar-refractivity contribution in [3.63, 3.8) is 0 Å². The van der Waals surface area contributed by atoms with E-state index in [9.17, 15) is 4.79 Å². The van der Waals surface area contributed by atoms with E-state index in [2.05, 4.69) is 24.0 Å². The number of amides is 1. The van der Waals surface area contributed by atoms with Gasteiger partial charge in [0.15, 0.2) is 11.7 Å². The fourth-order valence-corrected chi connectivity index (χ4v) is 4.29.